The Morgan fingerprint density at radius 3 is 2.57 bits per heavy atom. The summed E-state index contributed by atoms with van der Waals surface area (Å²) in [6, 6.07) is 12.0. The zero-order valence-corrected chi connectivity index (χ0v) is 18.5. The Labute approximate surface area is 181 Å². The zero-order chi connectivity index (χ0) is 21.1. The summed E-state index contributed by atoms with van der Waals surface area (Å²) in [5.41, 5.74) is 3.02. The van der Waals surface area contributed by atoms with Gasteiger partial charge >= 0.3 is 0 Å². The van der Waals surface area contributed by atoms with Crippen LogP contribution >= 0.6 is 11.8 Å². The summed E-state index contributed by atoms with van der Waals surface area (Å²) in [5.74, 6) is 2.36. The highest BCUT2D eigenvalue weighted by atomic mass is 32.2. The van der Waals surface area contributed by atoms with Crippen molar-refractivity contribution in [3.63, 3.8) is 0 Å². The van der Waals surface area contributed by atoms with Gasteiger partial charge < -0.3 is 4.90 Å². The topological polar surface area (TPSA) is 63.9 Å². The van der Waals surface area contributed by atoms with E-state index in [2.05, 4.69) is 48.1 Å². The number of hydrogen-bond donors (Lipinski definition) is 0. The highest BCUT2D eigenvalue weighted by molar-refractivity contribution is 7.99. The number of aryl methyl sites for hydroxylation is 1. The van der Waals surface area contributed by atoms with Crippen molar-refractivity contribution in [3.8, 4) is 17.1 Å². The number of likely N-dealkylation sites (tertiary alicyclic amines) is 1. The molecule has 2 atom stereocenters. The van der Waals surface area contributed by atoms with Crippen LogP contribution in [0.15, 0.2) is 53.9 Å². The molecule has 0 aliphatic carbocycles. The first-order chi connectivity index (χ1) is 14.5. The van der Waals surface area contributed by atoms with Gasteiger partial charge in [0.05, 0.1) is 11.4 Å². The number of aromatic nitrogens is 4. The molecule has 4 rings (SSSR count). The van der Waals surface area contributed by atoms with Gasteiger partial charge in [-0.3, -0.25) is 14.3 Å². The Kier molecular flexibility index (Phi) is 6.18. The van der Waals surface area contributed by atoms with Crippen molar-refractivity contribution in [2.45, 2.75) is 32.3 Å². The van der Waals surface area contributed by atoms with Gasteiger partial charge in [-0.1, -0.05) is 43.8 Å². The van der Waals surface area contributed by atoms with Crippen molar-refractivity contribution >= 4 is 17.7 Å². The fourth-order valence-corrected chi connectivity index (χ4v) is 5.01. The third kappa shape index (κ3) is 4.41. The van der Waals surface area contributed by atoms with E-state index in [9.17, 15) is 4.79 Å². The number of thioether (sulfide) groups is 1. The van der Waals surface area contributed by atoms with Crippen molar-refractivity contribution in [1.29, 1.82) is 0 Å². The van der Waals surface area contributed by atoms with E-state index in [1.807, 2.05) is 33.7 Å². The predicted molar refractivity (Wildman–Crippen MR) is 120 cm³/mol. The summed E-state index contributed by atoms with van der Waals surface area (Å²) < 4.78 is 2.03. The molecular formula is C23H27N5OS. The highest BCUT2D eigenvalue weighted by Gasteiger charge is 2.26. The first kappa shape index (κ1) is 20.6. The van der Waals surface area contributed by atoms with E-state index in [1.165, 1.54) is 18.2 Å². The maximum atomic E-state index is 12.9. The van der Waals surface area contributed by atoms with Crippen molar-refractivity contribution in [3.05, 3.63) is 54.4 Å². The van der Waals surface area contributed by atoms with Crippen molar-refractivity contribution in [2.24, 2.45) is 11.8 Å². The maximum absolute atomic E-state index is 12.9. The van der Waals surface area contributed by atoms with Crippen LogP contribution in [0.25, 0.3) is 17.1 Å². The lowest BCUT2D eigenvalue weighted by atomic mass is 9.92. The summed E-state index contributed by atoms with van der Waals surface area (Å²) >= 11 is 1.45. The maximum Gasteiger partial charge on any atom is 0.233 e. The van der Waals surface area contributed by atoms with Crippen LogP contribution in [0.5, 0.6) is 0 Å². The number of carbonyl (C=O) groups excluding carboxylic acids is 1. The smallest absolute Gasteiger partial charge is 0.233 e. The normalized spacial score (nSPS) is 19.1. The highest BCUT2D eigenvalue weighted by Crippen LogP contribution is 2.30. The second-order valence-corrected chi connectivity index (χ2v) is 9.15. The van der Waals surface area contributed by atoms with Gasteiger partial charge in [0.1, 0.15) is 0 Å². The van der Waals surface area contributed by atoms with Gasteiger partial charge in [0.25, 0.3) is 0 Å². The van der Waals surface area contributed by atoms with Crippen LogP contribution in [-0.4, -0.2) is 49.4 Å². The Bertz CT molecular complexity index is 1010. The van der Waals surface area contributed by atoms with Gasteiger partial charge in [0.2, 0.25) is 5.91 Å². The molecule has 0 unspecified atom stereocenters. The standard InChI is InChI=1S/C23H27N5OS/c1-16-11-17(2)14-27(13-16)21(29)15-30-23-26-25-22(19-8-6-10-24-12-19)28(23)20-9-5-4-7-18(20)3/h4-10,12,16-17H,11,13-15H2,1-3H3/t16-,17+. The first-order valence-corrected chi connectivity index (χ1v) is 11.3. The van der Waals surface area contributed by atoms with Gasteiger partial charge in [-0.15, -0.1) is 10.2 Å². The van der Waals surface area contributed by atoms with E-state index in [1.54, 1.807) is 12.4 Å². The Morgan fingerprint density at radius 2 is 1.87 bits per heavy atom. The monoisotopic (exact) mass is 421 g/mol. The van der Waals surface area contributed by atoms with Gasteiger partial charge in [0, 0.05) is 31.0 Å². The lowest BCUT2D eigenvalue weighted by Crippen LogP contribution is -2.43. The average molecular weight is 422 g/mol. The summed E-state index contributed by atoms with van der Waals surface area (Å²) in [6.07, 6.45) is 4.72. The molecule has 1 saturated heterocycles. The molecule has 1 aliphatic rings. The number of benzene rings is 1. The second-order valence-electron chi connectivity index (χ2n) is 8.20. The minimum Gasteiger partial charge on any atom is -0.341 e. The average Bonchev–Trinajstić information content (AvgIpc) is 3.16. The van der Waals surface area contributed by atoms with Crippen LogP contribution in [0.2, 0.25) is 0 Å². The van der Waals surface area contributed by atoms with Crippen LogP contribution in [0, 0.1) is 18.8 Å². The number of hydrogen-bond acceptors (Lipinski definition) is 5. The molecule has 0 radical (unpaired) electrons. The zero-order valence-electron chi connectivity index (χ0n) is 17.7. The first-order valence-electron chi connectivity index (χ1n) is 10.4. The molecule has 0 spiro atoms. The van der Waals surface area contributed by atoms with Gasteiger partial charge in [-0.2, -0.15) is 0 Å². The quantitative estimate of drug-likeness (QED) is 0.577. The predicted octanol–water partition coefficient (Wildman–Crippen LogP) is 4.23. The fraction of sp³-hybridized carbons (Fsp3) is 0.391. The third-order valence-electron chi connectivity index (χ3n) is 5.46. The molecule has 0 saturated carbocycles. The summed E-state index contributed by atoms with van der Waals surface area (Å²) in [6.45, 7) is 8.19. The van der Waals surface area contributed by atoms with Crippen LogP contribution in [-0.2, 0) is 4.79 Å². The number of rotatable bonds is 5. The largest absolute Gasteiger partial charge is 0.341 e. The van der Waals surface area contributed by atoms with Crippen LogP contribution in [0.1, 0.15) is 25.8 Å². The molecule has 3 aromatic rings. The molecule has 0 N–H and O–H groups in total. The van der Waals surface area contributed by atoms with E-state index in [-0.39, 0.29) is 5.91 Å². The van der Waals surface area contributed by atoms with E-state index in [4.69, 9.17) is 0 Å². The fourth-order valence-electron chi connectivity index (χ4n) is 4.16. The van der Waals surface area contributed by atoms with E-state index >= 15 is 0 Å². The number of carbonyl (C=O) groups is 1. The van der Waals surface area contributed by atoms with Crippen LogP contribution in [0.3, 0.4) is 0 Å². The van der Waals surface area contributed by atoms with Gasteiger partial charge in [-0.05, 0) is 48.9 Å². The number of pyridine rings is 1. The Morgan fingerprint density at radius 1 is 1.10 bits per heavy atom. The number of para-hydroxylation sites is 1. The Hall–Kier alpha value is -2.67. The molecule has 1 aromatic carbocycles. The third-order valence-corrected chi connectivity index (χ3v) is 6.37. The summed E-state index contributed by atoms with van der Waals surface area (Å²) in [7, 11) is 0. The molecule has 156 valence electrons. The van der Waals surface area contributed by atoms with E-state index in [0.29, 0.717) is 17.6 Å². The summed E-state index contributed by atoms with van der Waals surface area (Å²) in [5, 5.41) is 9.60. The molecule has 1 amide bonds. The molecule has 2 aromatic heterocycles. The number of amides is 1. The van der Waals surface area contributed by atoms with Crippen molar-refractivity contribution in [1.82, 2.24) is 24.6 Å². The number of piperidine rings is 1. The van der Waals surface area contributed by atoms with Crippen molar-refractivity contribution < 1.29 is 4.79 Å². The minimum absolute atomic E-state index is 0.167. The molecule has 1 aliphatic heterocycles. The van der Waals surface area contributed by atoms with Gasteiger partial charge in [-0.25, -0.2) is 0 Å². The molecule has 6 nitrogen and oxygen atoms in total. The molecule has 3 heterocycles. The number of nitrogens with zero attached hydrogens (tertiary/aromatic N) is 5. The SMILES string of the molecule is Cc1ccccc1-n1c(SCC(=O)N2C[C@H](C)C[C@H](C)C2)nnc1-c1cccnc1. The summed E-state index contributed by atoms with van der Waals surface area (Å²) in [4.78, 5) is 19.1. The van der Waals surface area contributed by atoms with Crippen molar-refractivity contribution in [2.75, 3.05) is 18.8 Å². The molecule has 0 bridgehead atoms. The molecule has 30 heavy (non-hydrogen) atoms. The lowest BCUT2D eigenvalue weighted by molar-refractivity contribution is -0.130. The molecule has 1 fully saturated rings. The molecular weight excluding hydrogens is 394 g/mol. The molecule has 7 heteroatoms. The lowest BCUT2D eigenvalue weighted by Gasteiger charge is -2.35. The van der Waals surface area contributed by atoms with Crippen LogP contribution < -0.4 is 0 Å². The van der Waals surface area contributed by atoms with Gasteiger partial charge in [0.15, 0.2) is 11.0 Å². The van der Waals surface area contributed by atoms with E-state index < -0.39 is 0 Å². The minimum atomic E-state index is 0.167. The Balaban J connectivity index is 1.61. The van der Waals surface area contributed by atoms with Crippen LogP contribution in [0.4, 0.5) is 0 Å². The second kappa shape index (κ2) is 9.00. The van der Waals surface area contributed by atoms with E-state index in [0.717, 1.165) is 40.9 Å².